The van der Waals surface area contributed by atoms with Crippen molar-refractivity contribution >= 4 is 29.1 Å². The molecule has 1 aliphatic heterocycles. The fourth-order valence-electron chi connectivity index (χ4n) is 3.37. The van der Waals surface area contributed by atoms with Crippen molar-refractivity contribution in [3.05, 3.63) is 42.2 Å². The van der Waals surface area contributed by atoms with Gasteiger partial charge in [0, 0.05) is 37.1 Å². The van der Waals surface area contributed by atoms with Crippen molar-refractivity contribution in [2.75, 3.05) is 22.1 Å². The second kappa shape index (κ2) is 8.62. The predicted octanol–water partition coefficient (Wildman–Crippen LogP) is 3.46. The molecule has 142 valence electrons. The first-order valence-corrected chi connectivity index (χ1v) is 9.35. The van der Waals surface area contributed by atoms with Gasteiger partial charge in [0.2, 0.25) is 11.9 Å². The zero-order valence-corrected chi connectivity index (χ0v) is 15.7. The molecule has 0 saturated carbocycles. The Labute approximate surface area is 159 Å². The second-order valence-electron chi connectivity index (χ2n) is 6.71. The molecule has 0 spiro atoms. The molecular weight excluding hydrogens is 342 g/mol. The van der Waals surface area contributed by atoms with Crippen LogP contribution in [0.3, 0.4) is 0 Å². The number of benzene rings is 1. The maximum absolute atomic E-state index is 12.6. The van der Waals surface area contributed by atoms with Gasteiger partial charge in [-0.25, -0.2) is 9.97 Å². The van der Waals surface area contributed by atoms with E-state index in [-0.39, 0.29) is 11.8 Å². The number of nitrogens with zero attached hydrogens (tertiary/aromatic N) is 3. The van der Waals surface area contributed by atoms with E-state index in [0.29, 0.717) is 29.1 Å². The topological polar surface area (TPSA) is 87.2 Å². The zero-order chi connectivity index (χ0) is 19.2. The Kier molecular flexibility index (Phi) is 6.01. The summed E-state index contributed by atoms with van der Waals surface area (Å²) in [4.78, 5) is 34.9. The minimum absolute atomic E-state index is 0.161. The highest BCUT2D eigenvalue weighted by Gasteiger charge is 2.23. The largest absolute Gasteiger partial charge is 0.338 e. The van der Waals surface area contributed by atoms with Crippen LogP contribution in [0, 0.1) is 0 Å². The lowest BCUT2D eigenvalue weighted by Gasteiger charge is -2.35. The normalized spacial score (nSPS) is 16.7. The average molecular weight is 367 g/mol. The molecule has 2 aromatic rings. The van der Waals surface area contributed by atoms with Crippen LogP contribution in [0.4, 0.5) is 17.3 Å². The summed E-state index contributed by atoms with van der Waals surface area (Å²) in [7, 11) is 0. The molecule has 7 heteroatoms. The summed E-state index contributed by atoms with van der Waals surface area (Å²) in [6, 6.07) is 9.04. The zero-order valence-electron chi connectivity index (χ0n) is 15.7. The quantitative estimate of drug-likeness (QED) is 0.845. The van der Waals surface area contributed by atoms with Gasteiger partial charge < -0.3 is 15.5 Å². The minimum atomic E-state index is -0.302. The molecule has 2 N–H and O–H groups in total. The molecule has 27 heavy (non-hydrogen) atoms. The molecule has 2 amide bonds. The fraction of sp³-hybridized carbons (Fsp3) is 0.400. The molecule has 7 nitrogen and oxygen atoms in total. The van der Waals surface area contributed by atoms with E-state index < -0.39 is 0 Å². The highest BCUT2D eigenvalue weighted by Crippen LogP contribution is 2.24. The summed E-state index contributed by atoms with van der Waals surface area (Å²) in [6.45, 7) is 4.53. The number of carbonyl (C=O) groups is 2. The summed E-state index contributed by atoms with van der Waals surface area (Å²) in [5.41, 5.74) is 1.55. The van der Waals surface area contributed by atoms with Crippen LogP contribution in [0.15, 0.2) is 36.5 Å². The van der Waals surface area contributed by atoms with Crippen LogP contribution >= 0.6 is 0 Å². The number of amides is 2. The molecule has 1 aromatic heterocycles. The van der Waals surface area contributed by atoms with E-state index in [1.165, 1.54) is 13.3 Å². The third kappa shape index (κ3) is 4.81. The van der Waals surface area contributed by atoms with Gasteiger partial charge in [-0.15, -0.1) is 0 Å². The van der Waals surface area contributed by atoms with Gasteiger partial charge in [-0.05, 0) is 49.9 Å². The Balaban J connectivity index is 1.75. The number of hydrogen-bond donors (Lipinski definition) is 2. The van der Waals surface area contributed by atoms with Gasteiger partial charge in [-0.1, -0.05) is 13.0 Å². The van der Waals surface area contributed by atoms with Gasteiger partial charge in [0.05, 0.1) is 0 Å². The maximum atomic E-state index is 12.6. The first kappa shape index (κ1) is 18.8. The van der Waals surface area contributed by atoms with Gasteiger partial charge in [0.25, 0.3) is 5.91 Å². The van der Waals surface area contributed by atoms with E-state index in [9.17, 15) is 9.59 Å². The smallest absolute Gasteiger partial charge is 0.274 e. The summed E-state index contributed by atoms with van der Waals surface area (Å²) in [5.74, 6) is 0.149. The Morgan fingerprint density at radius 1 is 1.19 bits per heavy atom. The van der Waals surface area contributed by atoms with Crippen LogP contribution in [0.2, 0.25) is 0 Å². The summed E-state index contributed by atoms with van der Waals surface area (Å²) in [6.07, 6.45) is 6.14. The van der Waals surface area contributed by atoms with Crippen molar-refractivity contribution in [2.24, 2.45) is 0 Å². The predicted molar refractivity (Wildman–Crippen MR) is 106 cm³/mol. The minimum Gasteiger partial charge on any atom is -0.338 e. The van der Waals surface area contributed by atoms with Gasteiger partial charge in [0.1, 0.15) is 5.69 Å². The Morgan fingerprint density at radius 3 is 2.70 bits per heavy atom. The fourth-order valence-corrected chi connectivity index (χ4v) is 3.37. The number of aromatic nitrogens is 2. The van der Waals surface area contributed by atoms with Gasteiger partial charge in [-0.2, -0.15) is 0 Å². The lowest BCUT2D eigenvalue weighted by Crippen LogP contribution is -2.40. The number of rotatable bonds is 5. The van der Waals surface area contributed by atoms with E-state index in [2.05, 4.69) is 32.4 Å². The number of hydrogen-bond acceptors (Lipinski definition) is 5. The molecule has 1 saturated heterocycles. The molecule has 1 aromatic carbocycles. The lowest BCUT2D eigenvalue weighted by molar-refractivity contribution is -0.114. The SMILES string of the molecule is CCC1CCCCN1c1nccc(C(=O)Nc2cccc(NC(C)=O)c2)n1. The molecule has 0 bridgehead atoms. The summed E-state index contributed by atoms with van der Waals surface area (Å²) < 4.78 is 0. The monoisotopic (exact) mass is 367 g/mol. The second-order valence-corrected chi connectivity index (χ2v) is 6.71. The molecule has 1 atom stereocenters. The molecule has 3 rings (SSSR count). The first-order chi connectivity index (χ1) is 13.1. The van der Waals surface area contributed by atoms with Crippen LogP contribution < -0.4 is 15.5 Å². The molecule has 1 unspecified atom stereocenters. The third-order valence-electron chi connectivity index (χ3n) is 4.67. The van der Waals surface area contributed by atoms with Gasteiger partial charge in [0.15, 0.2) is 0 Å². The van der Waals surface area contributed by atoms with E-state index in [1.54, 1.807) is 36.5 Å². The van der Waals surface area contributed by atoms with Crippen LogP contribution in [-0.4, -0.2) is 34.4 Å². The molecule has 0 aliphatic carbocycles. The molecular formula is C20H25N5O2. The van der Waals surface area contributed by atoms with E-state index in [1.807, 2.05) is 0 Å². The van der Waals surface area contributed by atoms with Crippen molar-refractivity contribution < 1.29 is 9.59 Å². The van der Waals surface area contributed by atoms with Gasteiger partial charge >= 0.3 is 0 Å². The molecule has 1 aliphatic rings. The van der Waals surface area contributed by atoms with E-state index in [4.69, 9.17) is 0 Å². The van der Waals surface area contributed by atoms with Gasteiger partial charge in [-0.3, -0.25) is 9.59 Å². The molecule has 0 radical (unpaired) electrons. The number of carbonyl (C=O) groups excluding carboxylic acids is 2. The van der Waals surface area contributed by atoms with Crippen LogP contribution in [0.1, 0.15) is 50.0 Å². The summed E-state index contributed by atoms with van der Waals surface area (Å²) in [5, 5.41) is 5.53. The summed E-state index contributed by atoms with van der Waals surface area (Å²) >= 11 is 0. The Morgan fingerprint density at radius 2 is 1.96 bits per heavy atom. The standard InChI is InChI=1S/C20H25N5O2/c1-3-17-9-4-5-12-25(17)20-21-11-10-18(24-20)19(27)23-16-8-6-7-15(13-16)22-14(2)26/h6-8,10-11,13,17H,3-5,9,12H2,1-2H3,(H,22,26)(H,23,27). The average Bonchev–Trinajstić information content (AvgIpc) is 2.68. The van der Waals surface area contributed by atoms with Crippen molar-refractivity contribution in [1.82, 2.24) is 9.97 Å². The maximum Gasteiger partial charge on any atom is 0.274 e. The van der Waals surface area contributed by atoms with Crippen molar-refractivity contribution in [1.29, 1.82) is 0 Å². The highest BCUT2D eigenvalue weighted by atomic mass is 16.2. The number of piperidine rings is 1. The molecule has 2 heterocycles. The lowest BCUT2D eigenvalue weighted by atomic mass is 10.0. The first-order valence-electron chi connectivity index (χ1n) is 9.35. The van der Waals surface area contributed by atoms with E-state index in [0.717, 1.165) is 25.8 Å². The van der Waals surface area contributed by atoms with Crippen LogP contribution in [0.5, 0.6) is 0 Å². The Bertz CT molecular complexity index is 824. The van der Waals surface area contributed by atoms with E-state index >= 15 is 0 Å². The molecule has 1 fully saturated rings. The van der Waals surface area contributed by atoms with Crippen molar-refractivity contribution in [2.45, 2.75) is 45.6 Å². The van der Waals surface area contributed by atoms with Crippen LogP contribution in [0.25, 0.3) is 0 Å². The highest BCUT2D eigenvalue weighted by molar-refractivity contribution is 6.03. The third-order valence-corrected chi connectivity index (χ3v) is 4.67. The Hall–Kier alpha value is -2.96. The van der Waals surface area contributed by atoms with Crippen LogP contribution in [-0.2, 0) is 4.79 Å². The van der Waals surface area contributed by atoms with Crippen molar-refractivity contribution in [3.8, 4) is 0 Å². The number of anilines is 3. The number of nitrogens with one attached hydrogen (secondary N) is 2. The van der Waals surface area contributed by atoms with Crippen molar-refractivity contribution in [3.63, 3.8) is 0 Å².